The highest BCUT2D eigenvalue weighted by Gasteiger charge is 2.10. The normalized spacial score (nSPS) is 10.1. The van der Waals surface area contributed by atoms with Gasteiger partial charge in [0.25, 0.3) is 5.91 Å². The van der Waals surface area contributed by atoms with Crippen LogP contribution in [0.5, 0.6) is 0 Å². The van der Waals surface area contributed by atoms with Crippen molar-refractivity contribution in [1.29, 1.82) is 0 Å². The van der Waals surface area contributed by atoms with Crippen LogP contribution in [0, 0.1) is 6.92 Å². The van der Waals surface area contributed by atoms with Crippen molar-refractivity contribution in [2.45, 2.75) is 20.4 Å². The Morgan fingerprint density at radius 2 is 2.23 bits per heavy atom. The number of carbonyl (C=O) groups excluding carboxylic acids is 2. The average Bonchev–Trinajstić information content (AvgIpc) is 2.91. The molecule has 0 saturated heterocycles. The summed E-state index contributed by atoms with van der Waals surface area (Å²) >= 11 is 0. The number of ether oxygens (including phenoxy) is 1. The molecule has 2 aromatic heterocycles. The van der Waals surface area contributed by atoms with E-state index < -0.39 is 6.09 Å². The minimum atomic E-state index is -0.520. The molecule has 0 saturated carbocycles. The second kappa shape index (κ2) is 7.21. The predicted molar refractivity (Wildman–Crippen MR) is 79.4 cm³/mol. The van der Waals surface area contributed by atoms with Crippen molar-refractivity contribution >= 4 is 17.7 Å². The van der Waals surface area contributed by atoms with Gasteiger partial charge in [-0.15, -0.1) is 0 Å². The van der Waals surface area contributed by atoms with Gasteiger partial charge in [-0.05, 0) is 26.0 Å². The fraction of sp³-hybridized carbons (Fsp3) is 0.286. The van der Waals surface area contributed by atoms with Crippen molar-refractivity contribution in [3.8, 4) is 0 Å². The number of rotatable bonds is 5. The van der Waals surface area contributed by atoms with Crippen LogP contribution >= 0.6 is 0 Å². The predicted octanol–water partition coefficient (Wildman–Crippen LogP) is 1.61. The summed E-state index contributed by atoms with van der Waals surface area (Å²) in [6, 6.07) is 3.20. The molecule has 0 aliphatic heterocycles. The molecule has 8 nitrogen and oxygen atoms in total. The van der Waals surface area contributed by atoms with E-state index in [4.69, 9.17) is 4.74 Å². The summed E-state index contributed by atoms with van der Waals surface area (Å²) in [5.41, 5.74) is 2.39. The van der Waals surface area contributed by atoms with Crippen LogP contribution in [0.15, 0.2) is 24.5 Å². The molecule has 0 fully saturated rings. The topological polar surface area (TPSA) is 109 Å². The number of aromatic nitrogens is 3. The quantitative estimate of drug-likeness (QED) is 0.777. The molecule has 116 valence electrons. The number of carbonyl (C=O) groups is 2. The molecule has 3 N–H and O–H groups in total. The number of hydrogen-bond donors (Lipinski definition) is 3. The standard InChI is InChI=1S/C14H17N5O3/c1-3-22-14(21)16-7-11-6-10(4-5-15-11)13(20)18-12-8-17-19-9(12)2/h4-6,8H,3,7H2,1-2H3,(H,16,21)(H,17,19)(H,18,20). The molecule has 2 heterocycles. The summed E-state index contributed by atoms with van der Waals surface area (Å²) in [4.78, 5) is 27.5. The zero-order valence-corrected chi connectivity index (χ0v) is 12.3. The Morgan fingerprint density at radius 3 is 2.91 bits per heavy atom. The van der Waals surface area contributed by atoms with Gasteiger partial charge in [0.05, 0.1) is 36.4 Å². The van der Waals surface area contributed by atoms with E-state index in [1.54, 1.807) is 19.1 Å². The minimum Gasteiger partial charge on any atom is -0.450 e. The zero-order valence-electron chi connectivity index (χ0n) is 12.3. The smallest absolute Gasteiger partial charge is 0.407 e. The summed E-state index contributed by atoms with van der Waals surface area (Å²) in [5, 5.41) is 11.9. The van der Waals surface area contributed by atoms with Crippen LogP contribution in [0.4, 0.5) is 10.5 Å². The lowest BCUT2D eigenvalue weighted by atomic mass is 10.2. The number of anilines is 1. The molecule has 2 rings (SSSR count). The van der Waals surface area contributed by atoms with E-state index in [0.29, 0.717) is 23.6 Å². The molecule has 0 aliphatic rings. The fourth-order valence-corrected chi connectivity index (χ4v) is 1.73. The number of nitrogens with zero attached hydrogens (tertiary/aromatic N) is 2. The molecule has 0 atom stereocenters. The lowest BCUT2D eigenvalue weighted by molar-refractivity contribution is 0.102. The fourth-order valence-electron chi connectivity index (χ4n) is 1.73. The molecular formula is C14H17N5O3. The Morgan fingerprint density at radius 1 is 1.41 bits per heavy atom. The summed E-state index contributed by atoms with van der Waals surface area (Å²) < 4.78 is 4.76. The average molecular weight is 303 g/mol. The van der Waals surface area contributed by atoms with Crippen LogP contribution in [-0.4, -0.2) is 33.8 Å². The molecular weight excluding hydrogens is 286 g/mol. The summed E-state index contributed by atoms with van der Waals surface area (Å²) in [5.74, 6) is -0.274. The maximum atomic E-state index is 12.2. The Balaban J connectivity index is 2.00. The number of hydrogen-bond acceptors (Lipinski definition) is 5. The van der Waals surface area contributed by atoms with E-state index in [1.165, 1.54) is 12.4 Å². The largest absolute Gasteiger partial charge is 0.450 e. The maximum absolute atomic E-state index is 12.2. The van der Waals surface area contributed by atoms with Gasteiger partial charge in [-0.3, -0.25) is 14.9 Å². The van der Waals surface area contributed by atoms with Crippen molar-refractivity contribution in [2.75, 3.05) is 11.9 Å². The van der Waals surface area contributed by atoms with Crippen molar-refractivity contribution in [2.24, 2.45) is 0 Å². The van der Waals surface area contributed by atoms with Crippen LogP contribution in [0.1, 0.15) is 28.7 Å². The molecule has 0 aromatic carbocycles. The highest BCUT2D eigenvalue weighted by Crippen LogP contribution is 2.12. The van der Waals surface area contributed by atoms with Crippen molar-refractivity contribution in [3.05, 3.63) is 41.5 Å². The van der Waals surface area contributed by atoms with Gasteiger partial charge >= 0.3 is 6.09 Å². The summed E-state index contributed by atoms with van der Waals surface area (Å²) in [6.45, 7) is 4.01. The molecule has 0 unspecified atom stereocenters. The second-order valence-corrected chi connectivity index (χ2v) is 4.47. The van der Waals surface area contributed by atoms with E-state index in [-0.39, 0.29) is 12.5 Å². The van der Waals surface area contributed by atoms with E-state index in [0.717, 1.165) is 5.69 Å². The lowest BCUT2D eigenvalue weighted by Gasteiger charge is -2.07. The maximum Gasteiger partial charge on any atom is 0.407 e. The molecule has 2 amide bonds. The highest BCUT2D eigenvalue weighted by molar-refractivity contribution is 6.04. The van der Waals surface area contributed by atoms with Gasteiger partial charge in [0.15, 0.2) is 0 Å². The third kappa shape index (κ3) is 4.05. The number of aryl methyl sites for hydroxylation is 1. The first-order valence-corrected chi connectivity index (χ1v) is 6.77. The van der Waals surface area contributed by atoms with Crippen LogP contribution in [0.3, 0.4) is 0 Å². The number of aromatic amines is 1. The Labute approximate surface area is 127 Å². The third-order valence-electron chi connectivity index (χ3n) is 2.85. The van der Waals surface area contributed by atoms with E-state index in [9.17, 15) is 9.59 Å². The first-order valence-electron chi connectivity index (χ1n) is 6.77. The Bertz CT molecular complexity index is 668. The van der Waals surface area contributed by atoms with E-state index >= 15 is 0 Å². The van der Waals surface area contributed by atoms with Crippen molar-refractivity contribution < 1.29 is 14.3 Å². The van der Waals surface area contributed by atoms with Gasteiger partial charge in [-0.25, -0.2) is 4.79 Å². The number of H-pyrrole nitrogens is 1. The van der Waals surface area contributed by atoms with E-state index in [2.05, 4.69) is 25.8 Å². The highest BCUT2D eigenvalue weighted by atomic mass is 16.5. The van der Waals surface area contributed by atoms with E-state index in [1.807, 2.05) is 6.92 Å². The second-order valence-electron chi connectivity index (χ2n) is 4.47. The van der Waals surface area contributed by atoms with Crippen LogP contribution in [0.2, 0.25) is 0 Å². The van der Waals surface area contributed by atoms with Gasteiger partial charge in [-0.1, -0.05) is 0 Å². The van der Waals surface area contributed by atoms with Gasteiger partial charge in [0, 0.05) is 11.8 Å². The van der Waals surface area contributed by atoms with Crippen LogP contribution in [0.25, 0.3) is 0 Å². The van der Waals surface area contributed by atoms with Crippen LogP contribution < -0.4 is 10.6 Å². The zero-order chi connectivity index (χ0) is 15.9. The third-order valence-corrected chi connectivity index (χ3v) is 2.85. The first kappa shape index (κ1) is 15.5. The van der Waals surface area contributed by atoms with Crippen molar-refractivity contribution in [3.63, 3.8) is 0 Å². The van der Waals surface area contributed by atoms with Gasteiger partial charge in [-0.2, -0.15) is 5.10 Å². The molecule has 22 heavy (non-hydrogen) atoms. The Kier molecular flexibility index (Phi) is 5.07. The number of pyridine rings is 1. The van der Waals surface area contributed by atoms with Crippen molar-refractivity contribution in [1.82, 2.24) is 20.5 Å². The van der Waals surface area contributed by atoms with Gasteiger partial charge in [0.2, 0.25) is 0 Å². The monoisotopic (exact) mass is 303 g/mol. The summed E-state index contributed by atoms with van der Waals surface area (Å²) in [7, 11) is 0. The lowest BCUT2D eigenvalue weighted by Crippen LogP contribution is -2.24. The molecule has 0 aliphatic carbocycles. The van der Waals surface area contributed by atoms with Gasteiger partial charge < -0.3 is 15.4 Å². The molecule has 2 aromatic rings. The molecule has 8 heteroatoms. The SMILES string of the molecule is CCOC(=O)NCc1cc(C(=O)Nc2cn[nH]c2C)ccn1. The molecule has 0 bridgehead atoms. The first-order chi connectivity index (χ1) is 10.6. The number of amides is 2. The molecule has 0 spiro atoms. The Hall–Kier alpha value is -2.90. The number of alkyl carbamates (subject to hydrolysis) is 1. The molecule has 0 radical (unpaired) electrons. The minimum absolute atomic E-state index is 0.185. The number of nitrogens with one attached hydrogen (secondary N) is 3. The van der Waals surface area contributed by atoms with Crippen LogP contribution in [-0.2, 0) is 11.3 Å². The van der Waals surface area contributed by atoms with Gasteiger partial charge in [0.1, 0.15) is 0 Å². The summed E-state index contributed by atoms with van der Waals surface area (Å²) in [6.07, 6.45) is 2.53.